The van der Waals surface area contributed by atoms with Crippen LogP contribution < -0.4 is 5.32 Å². The molecule has 7 heteroatoms. The number of aromatic nitrogens is 2. The van der Waals surface area contributed by atoms with Crippen molar-refractivity contribution in [1.82, 2.24) is 15.1 Å². The number of carbonyl (C=O) groups is 1. The number of halogens is 1. The maximum atomic E-state index is 12.9. The molecule has 6 nitrogen and oxygen atoms in total. The summed E-state index contributed by atoms with van der Waals surface area (Å²) in [6.45, 7) is 0. The first-order chi connectivity index (χ1) is 11.0. The molecule has 3 N–H and O–H groups in total. The number of rotatable bonds is 3. The summed E-state index contributed by atoms with van der Waals surface area (Å²) in [5, 5.41) is 26.6. The van der Waals surface area contributed by atoms with Crippen LogP contribution in [0.1, 0.15) is 36.2 Å². The number of nitrogens with zero attached hydrogens (tertiary/aromatic N) is 2. The Morgan fingerprint density at radius 1 is 1.26 bits per heavy atom. The van der Waals surface area contributed by atoms with Crippen molar-refractivity contribution in [2.45, 2.75) is 37.8 Å². The van der Waals surface area contributed by atoms with E-state index in [9.17, 15) is 19.4 Å². The lowest BCUT2D eigenvalue weighted by Gasteiger charge is -2.27. The van der Waals surface area contributed by atoms with Gasteiger partial charge < -0.3 is 15.5 Å². The fourth-order valence-corrected chi connectivity index (χ4v) is 2.77. The molecule has 3 rings (SSSR count). The van der Waals surface area contributed by atoms with Crippen molar-refractivity contribution in [3.8, 4) is 11.4 Å². The van der Waals surface area contributed by atoms with Gasteiger partial charge in [-0.1, -0.05) is 12.8 Å². The molecule has 0 radical (unpaired) electrons. The summed E-state index contributed by atoms with van der Waals surface area (Å²) < 4.78 is 14.3. The van der Waals surface area contributed by atoms with Crippen LogP contribution in [-0.4, -0.2) is 38.0 Å². The van der Waals surface area contributed by atoms with Crippen molar-refractivity contribution < 1.29 is 19.4 Å². The molecule has 1 aromatic carbocycles. The Morgan fingerprint density at radius 2 is 1.96 bits per heavy atom. The number of aliphatic hydroxyl groups is 1. The van der Waals surface area contributed by atoms with Crippen LogP contribution in [-0.2, 0) is 0 Å². The number of carbonyl (C=O) groups excluding carboxylic acids is 1. The molecule has 0 saturated heterocycles. The third kappa shape index (κ3) is 3.34. The average molecular weight is 319 g/mol. The fourth-order valence-electron chi connectivity index (χ4n) is 2.77. The van der Waals surface area contributed by atoms with Crippen molar-refractivity contribution >= 4 is 5.91 Å². The quantitative estimate of drug-likeness (QED) is 0.804. The second-order valence-electron chi connectivity index (χ2n) is 5.72. The number of hydrogen-bond donors (Lipinski definition) is 3. The van der Waals surface area contributed by atoms with Crippen molar-refractivity contribution in [3.63, 3.8) is 0 Å². The van der Waals surface area contributed by atoms with E-state index >= 15 is 0 Å². The first-order valence-corrected chi connectivity index (χ1v) is 7.58. The highest BCUT2D eigenvalue weighted by molar-refractivity contribution is 5.95. The van der Waals surface area contributed by atoms with Crippen LogP contribution in [0.2, 0.25) is 0 Å². The normalized spacial score (nSPS) is 21.1. The molecule has 0 bridgehead atoms. The Balaban J connectivity index is 1.77. The predicted molar refractivity (Wildman–Crippen MR) is 80.9 cm³/mol. The molecule has 1 aliphatic rings. The summed E-state index contributed by atoms with van der Waals surface area (Å²) in [6, 6.07) is 5.20. The van der Waals surface area contributed by atoms with Gasteiger partial charge in [0.25, 0.3) is 5.91 Å². The molecular formula is C16H18FN3O3. The van der Waals surface area contributed by atoms with Crippen molar-refractivity contribution in [2.75, 3.05) is 0 Å². The summed E-state index contributed by atoms with van der Waals surface area (Å²) in [5.74, 6) is -1.18. The molecule has 1 saturated carbocycles. The fraction of sp³-hybridized carbons (Fsp3) is 0.375. The minimum absolute atomic E-state index is 0.118. The zero-order chi connectivity index (χ0) is 16.4. The number of aliphatic hydroxyl groups excluding tert-OH is 1. The van der Waals surface area contributed by atoms with Crippen LogP contribution in [0.25, 0.3) is 5.69 Å². The van der Waals surface area contributed by atoms with Gasteiger partial charge in [-0.25, -0.2) is 9.07 Å². The van der Waals surface area contributed by atoms with E-state index in [4.69, 9.17) is 0 Å². The topological polar surface area (TPSA) is 87.4 Å². The van der Waals surface area contributed by atoms with Gasteiger partial charge in [-0.05, 0) is 37.1 Å². The second-order valence-corrected chi connectivity index (χ2v) is 5.72. The van der Waals surface area contributed by atoms with Crippen LogP contribution in [0, 0.1) is 5.82 Å². The summed E-state index contributed by atoms with van der Waals surface area (Å²) in [5.41, 5.74) is 0.408. The molecule has 1 fully saturated rings. The third-order valence-corrected chi connectivity index (χ3v) is 4.05. The SMILES string of the molecule is O=C(NC1CCCCC1O)c1nn(-c2ccc(F)cc2)cc1O. The molecule has 2 unspecified atom stereocenters. The molecule has 23 heavy (non-hydrogen) atoms. The Labute approximate surface area is 132 Å². The number of amides is 1. The maximum absolute atomic E-state index is 12.9. The molecule has 1 heterocycles. The second kappa shape index (κ2) is 6.37. The van der Waals surface area contributed by atoms with Crippen LogP contribution in [0.15, 0.2) is 30.5 Å². The summed E-state index contributed by atoms with van der Waals surface area (Å²) >= 11 is 0. The largest absolute Gasteiger partial charge is 0.504 e. The van der Waals surface area contributed by atoms with E-state index < -0.39 is 12.0 Å². The number of nitrogens with one attached hydrogen (secondary N) is 1. The predicted octanol–water partition coefficient (Wildman–Crippen LogP) is 1.75. The van der Waals surface area contributed by atoms with E-state index in [0.29, 0.717) is 18.5 Å². The lowest BCUT2D eigenvalue weighted by molar-refractivity contribution is 0.0711. The highest BCUT2D eigenvalue weighted by atomic mass is 19.1. The van der Waals surface area contributed by atoms with Crippen molar-refractivity contribution in [3.05, 3.63) is 42.0 Å². The van der Waals surface area contributed by atoms with E-state index in [1.165, 1.54) is 35.1 Å². The Kier molecular flexibility index (Phi) is 4.29. The third-order valence-electron chi connectivity index (χ3n) is 4.05. The van der Waals surface area contributed by atoms with Gasteiger partial charge in [-0.15, -0.1) is 0 Å². The van der Waals surface area contributed by atoms with Gasteiger partial charge in [0, 0.05) is 0 Å². The summed E-state index contributed by atoms with van der Waals surface area (Å²) in [6.07, 6.45) is 3.96. The Hall–Kier alpha value is -2.41. The van der Waals surface area contributed by atoms with Gasteiger partial charge in [0.15, 0.2) is 11.4 Å². The van der Waals surface area contributed by atoms with E-state index in [0.717, 1.165) is 12.8 Å². The lowest BCUT2D eigenvalue weighted by Crippen LogP contribution is -2.45. The summed E-state index contributed by atoms with van der Waals surface area (Å²) in [4.78, 5) is 12.3. The molecule has 122 valence electrons. The first-order valence-electron chi connectivity index (χ1n) is 7.58. The minimum Gasteiger partial charge on any atom is -0.504 e. The Morgan fingerprint density at radius 3 is 2.65 bits per heavy atom. The molecule has 0 spiro atoms. The lowest BCUT2D eigenvalue weighted by atomic mass is 9.92. The molecule has 2 atom stereocenters. The van der Waals surface area contributed by atoms with E-state index in [1.807, 2.05) is 0 Å². The van der Waals surface area contributed by atoms with Gasteiger partial charge >= 0.3 is 0 Å². The van der Waals surface area contributed by atoms with Gasteiger partial charge in [-0.3, -0.25) is 4.79 Å². The van der Waals surface area contributed by atoms with Crippen LogP contribution in [0.3, 0.4) is 0 Å². The van der Waals surface area contributed by atoms with Crippen LogP contribution in [0.4, 0.5) is 4.39 Å². The summed E-state index contributed by atoms with van der Waals surface area (Å²) in [7, 11) is 0. The van der Waals surface area contributed by atoms with Gasteiger partial charge in [-0.2, -0.15) is 5.10 Å². The molecule has 2 aromatic rings. The zero-order valence-electron chi connectivity index (χ0n) is 12.4. The van der Waals surface area contributed by atoms with Gasteiger partial charge in [0.05, 0.1) is 24.0 Å². The molecule has 1 aliphatic carbocycles. The van der Waals surface area contributed by atoms with Gasteiger partial charge in [0.1, 0.15) is 5.82 Å². The van der Waals surface area contributed by atoms with Crippen molar-refractivity contribution in [2.24, 2.45) is 0 Å². The monoisotopic (exact) mass is 319 g/mol. The highest BCUT2D eigenvalue weighted by Crippen LogP contribution is 2.21. The van der Waals surface area contributed by atoms with E-state index in [-0.39, 0.29) is 23.3 Å². The molecule has 1 amide bonds. The van der Waals surface area contributed by atoms with E-state index in [1.54, 1.807) is 0 Å². The number of aromatic hydroxyl groups is 1. The van der Waals surface area contributed by atoms with E-state index in [2.05, 4.69) is 10.4 Å². The molecule has 0 aliphatic heterocycles. The maximum Gasteiger partial charge on any atom is 0.275 e. The number of benzene rings is 1. The van der Waals surface area contributed by atoms with Gasteiger partial charge in [0.2, 0.25) is 0 Å². The zero-order valence-corrected chi connectivity index (χ0v) is 12.4. The molecule has 1 aromatic heterocycles. The molecular weight excluding hydrogens is 301 g/mol. The minimum atomic E-state index is -0.575. The van der Waals surface area contributed by atoms with Crippen LogP contribution >= 0.6 is 0 Å². The van der Waals surface area contributed by atoms with Crippen LogP contribution in [0.5, 0.6) is 5.75 Å². The smallest absolute Gasteiger partial charge is 0.275 e. The first kappa shape index (κ1) is 15.5. The average Bonchev–Trinajstić information content (AvgIpc) is 2.92. The van der Waals surface area contributed by atoms with Crippen molar-refractivity contribution in [1.29, 1.82) is 0 Å². The Bertz CT molecular complexity index is 699. The highest BCUT2D eigenvalue weighted by Gasteiger charge is 2.27. The number of hydrogen-bond acceptors (Lipinski definition) is 4. The standard InChI is InChI=1S/C16H18FN3O3/c17-10-5-7-11(8-6-10)20-9-14(22)15(19-20)16(23)18-12-3-1-2-4-13(12)21/h5-9,12-13,21-22H,1-4H2,(H,18,23).